The summed E-state index contributed by atoms with van der Waals surface area (Å²) >= 11 is 0. The Morgan fingerprint density at radius 3 is 1.83 bits per heavy atom. The van der Waals surface area contributed by atoms with Crippen molar-refractivity contribution in [2.45, 2.75) is 43.9 Å². The summed E-state index contributed by atoms with van der Waals surface area (Å²) in [6.07, 6.45) is 9.50. The first kappa shape index (κ1) is 18.2. The molecule has 99 valence electrons. The maximum atomic E-state index is 10.6. The van der Waals surface area contributed by atoms with E-state index in [4.69, 9.17) is 5.14 Å². The minimum absolute atomic E-state index is 0. The first-order valence-corrected chi connectivity index (χ1v) is 7.36. The fraction of sp³-hybridized carbons (Fsp3) is 0.462. The molecule has 0 bridgehead atoms. The molecule has 1 aromatic carbocycles. The monoisotopic (exact) mass is 342 g/mol. The normalized spacial score (nSPS) is 15.0. The van der Waals surface area contributed by atoms with E-state index in [0.29, 0.717) is 0 Å². The van der Waals surface area contributed by atoms with Gasteiger partial charge in [-0.2, -0.15) is 12.8 Å². The van der Waals surface area contributed by atoms with Crippen LogP contribution in [-0.4, -0.2) is 8.42 Å². The quantitative estimate of drug-likeness (QED) is 0.727. The van der Waals surface area contributed by atoms with Gasteiger partial charge < -0.3 is 11.6 Å². The molecule has 0 atom stereocenters. The van der Waals surface area contributed by atoms with Gasteiger partial charge in [-0.25, -0.2) is 8.42 Å². The van der Waals surface area contributed by atoms with Gasteiger partial charge in [0.25, 0.3) is 0 Å². The molecule has 0 aromatic heterocycles. The third-order valence-corrected chi connectivity index (χ3v) is 3.54. The summed E-state index contributed by atoms with van der Waals surface area (Å²) in [5.74, 6) is 0. The van der Waals surface area contributed by atoms with Crippen molar-refractivity contribution < 1.29 is 41.1 Å². The van der Waals surface area contributed by atoms with E-state index in [9.17, 15) is 8.42 Å². The molecule has 18 heavy (non-hydrogen) atoms. The van der Waals surface area contributed by atoms with Gasteiger partial charge >= 0.3 is 0 Å². The van der Waals surface area contributed by atoms with Crippen LogP contribution in [0.3, 0.4) is 0 Å². The molecule has 2 rings (SSSR count). The molecule has 0 unspecified atom stereocenters. The van der Waals surface area contributed by atoms with Crippen LogP contribution < -0.4 is 0 Å². The van der Waals surface area contributed by atoms with Crippen LogP contribution in [0, 0.1) is 13.3 Å². The topological polar surface area (TPSA) is 57.9 Å². The van der Waals surface area contributed by atoms with Gasteiger partial charge in [-0.3, -0.25) is 0 Å². The van der Waals surface area contributed by atoms with Crippen LogP contribution in [0.1, 0.15) is 37.7 Å². The number of aryl methyl sites for hydroxylation is 1. The van der Waals surface area contributed by atoms with Gasteiger partial charge in [0.2, 0.25) is 0 Å². The Morgan fingerprint density at radius 2 is 1.56 bits per heavy atom. The van der Waals surface area contributed by atoms with Crippen molar-refractivity contribution in [2.24, 2.45) is 0 Å². The van der Waals surface area contributed by atoms with Gasteiger partial charge in [0.15, 0.2) is 0 Å². The van der Waals surface area contributed by atoms with Crippen molar-refractivity contribution in [3.63, 3.8) is 0 Å². The Kier molecular flexibility index (Phi) is 9.31. The van der Waals surface area contributed by atoms with Crippen molar-refractivity contribution >= 4 is 10.0 Å². The summed E-state index contributed by atoms with van der Waals surface area (Å²) in [4.78, 5) is 0.0445. The Balaban J connectivity index is 0.000000352. The zero-order valence-corrected chi connectivity index (χ0v) is 14.4. The van der Waals surface area contributed by atoms with Gasteiger partial charge in [0.05, 0.1) is 10.0 Å². The Labute approximate surface area is 135 Å². The molecule has 5 heteroatoms. The van der Waals surface area contributed by atoms with E-state index in [1.807, 2.05) is 6.92 Å². The zero-order valence-electron chi connectivity index (χ0n) is 10.7. The van der Waals surface area contributed by atoms with Crippen molar-refractivity contribution in [3.05, 3.63) is 41.4 Å². The number of sulfonamides is 1. The first-order chi connectivity index (χ1) is 8.00. The van der Waals surface area contributed by atoms with Gasteiger partial charge in [-0.05, 0) is 19.1 Å². The number of rotatable bonds is 1. The standard InChI is InChI=1S/C7H8NO2S.C6H11.Y/c1-6-2-4-7(5-3-6)11(8,9)10;1-2-4-6-5-3-1;/h2-5H,1H3,(H-,8,9,10);1H,2-6H2;/q2*-1;. The second kappa shape index (κ2) is 9.19. The van der Waals surface area contributed by atoms with Crippen LogP contribution in [0.25, 0.3) is 5.14 Å². The van der Waals surface area contributed by atoms with E-state index in [1.54, 1.807) is 12.1 Å². The summed E-state index contributed by atoms with van der Waals surface area (Å²) in [5, 5.41) is 6.72. The maximum absolute atomic E-state index is 10.6. The van der Waals surface area contributed by atoms with Crippen molar-refractivity contribution in [1.82, 2.24) is 0 Å². The predicted octanol–water partition coefficient (Wildman–Crippen LogP) is 3.89. The molecular weight excluding hydrogens is 323 g/mol. The van der Waals surface area contributed by atoms with Crippen molar-refractivity contribution in [2.75, 3.05) is 0 Å². The molecule has 1 N–H and O–H groups in total. The minimum Gasteiger partial charge on any atom is -0.560 e. The van der Waals surface area contributed by atoms with Crippen molar-refractivity contribution in [3.8, 4) is 0 Å². The van der Waals surface area contributed by atoms with E-state index in [2.05, 4.69) is 6.42 Å². The molecule has 1 radical (unpaired) electrons. The molecular formula is C13H19NO2SY-2. The van der Waals surface area contributed by atoms with E-state index >= 15 is 0 Å². The van der Waals surface area contributed by atoms with Crippen LogP contribution in [-0.2, 0) is 42.7 Å². The molecule has 0 heterocycles. The van der Waals surface area contributed by atoms with Crippen LogP contribution in [0.15, 0.2) is 29.2 Å². The van der Waals surface area contributed by atoms with Crippen LogP contribution in [0.2, 0.25) is 0 Å². The van der Waals surface area contributed by atoms with E-state index < -0.39 is 10.0 Å². The minimum atomic E-state index is -3.77. The average molecular weight is 342 g/mol. The van der Waals surface area contributed by atoms with Gasteiger partial charge in [0.1, 0.15) is 0 Å². The first-order valence-electron chi connectivity index (χ1n) is 5.88. The number of hydrogen-bond donors (Lipinski definition) is 0. The molecule has 0 saturated heterocycles. The second-order valence-corrected chi connectivity index (χ2v) is 5.72. The Bertz CT molecular complexity index is 413. The number of hydrogen-bond acceptors (Lipinski definition) is 2. The van der Waals surface area contributed by atoms with E-state index in [1.165, 1.54) is 44.2 Å². The summed E-state index contributed by atoms with van der Waals surface area (Å²) in [6.45, 7) is 1.86. The van der Waals surface area contributed by atoms with Crippen LogP contribution >= 0.6 is 0 Å². The Morgan fingerprint density at radius 1 is 1.06 bits per heavy atom. The van der Waals surface area contributed by atoms with Gasteiger partial charge in [-0.15, -0.1) is 0 Å². The molecule has 0 aliphatic heterocycles. The fourth-order valence-electron chi connectivity index (χ4n) is 1.62. The average Bonchev–Trinajstić information content (AvgIpc) is 2.31. The molecule has 3 nitrogen and oxygen atoms in total. The SMILES string of the molecule is Cc1ccc(S([NH-])(=O)=O)cc1.[CH-]1CCCCC1.[Y]. The summed E-state index contributed by atoms with van der Waals surface area (Å²) in [6, 6.07) is 6.19. The third kappa shape index (κ3) is 7.62. The maximum Gasteiger partial charge on any atom is 0.0987 e. The molecule has 1 aliphatic rings. The number of benzene rings is 1. The van der Waals surface area contributed by atoms with Crippen LogP contribution in [0.4, 0.5) is 0 Å². The molecule has 1 aliphatic carbocycles. The zero-order chi connectivity index (χ0) is 12.7. The summed E-state index contributed by atoms with van der Waals surface area (Å²) < 4.78 is 21.2. The largest absolute Gasteiger partial charge is 0.560 e. The second-order valence-electron chi connectivity index (χ2n) is 4.24. The summed E-state index contributed by atoms with van der Waals surface area (Å²) in [7, 11) is -3.77. The number of nitrogens with one attached hydrogen (secondary N) is 1. The molecule has 1 aromatic rings. The van der Waals surface area contributed by atoms with Gasteiger partial charge in [-0.1, -0.05) is 37.0 Å². The predicted molar refractivity (Wildman–Crippen MR) is 70.1 cm³/mol. The molecule has 1 fully saturated rings. The van der Waals surface area contributed by atoms with E-state index in [0.717, 1.165) is 5.56 Å². The Hall–Kier alpha value is 0.234. The smallest absolute Gasteiger partial charge is 0.0987 e. The fourth-order valence-corrected chi connectivity index (χ4v) is 2.11. The molecule has 1 saturated carbocycles. The van der Waals surface area contributed by atoms with Gasteiger partial charge in [0, 0.05) is 37.6 Å². The van der Waals surface area contributed by atoms with Crippen molar-refractivity contribution in [1.29, 1.82) is 0 Å². The van der Waals surface area contributed by atoms with E-state index in [-0.39, 0.29) is 37.6 Å². The third-order valence-electron chi connectivity index (χ3n) is 2.65. The summed E-state index contributed by atoms with van der Waals surface area (Å²) in [5.41, 5.74) is 0.984. The molecule has 0 spiro atoms. The van der Waals surface area contributed by atoms with Crippen LogP contribution in [0.5, 0.6) is 0 Å². The molecule has 0 amide bonds.